The van der Waals surface area contributed by atoms with Crippen LogP contribution in [-0.4, -0.2) is 41.0 Å². The van der Waals surface area contributed by atoms with Crippen LogP contribution in [0.3, 0.4) is 0 Å². The summed E-state index contributed by atoms with van der Waals surface area (Å²) in [6.45, 7) is 13.6. The molecule has 2 N–H and O–H groups in total. The average molecular weight is 637 g/mol. The maximum absolute atomic E-state index is 14.1. The van der Waals surface area contributed by atoms with Crippen LogP contribution < -0.4 is 0 Å². The van der Waals surface area contributed by atoms with Gasteiger partial charge in [0.1, 0.15) is 5.82 Å². The van der Waals surface area contributed by atoms with Crippen LogP contribution >= 0.6 is 12.6 Å². The molecule has 2 aromatic carbocycles. The van der Waals surface area contributed by atoms with Crippen LogP contribution in [0.5, 0.6) is 0 Å². The first kappa shape index (κ1) is 39.2. The summed E-state index contributed by atoms with van der Waals surface area (Å²) in [5.74, 6) is -0.202. The Morgan fingerprint density at radius 3 is 2.16 bits per heavy atom. The normalized spacial score (nSPS) is 15.1. The Morgan fingerprint density at radius 2 is 1.77 bits per heavy atom. The highest BCUT2D eigenvalue weighted by molar-refractivity contribution is 7.97. The van der Waals surface area contributed by atoms with Crippen molar-refractivity contribution >= 4 is 29.7 Å². The smallest absolute Gasteiger partial charge is 0.386 e. The van der Waals surface area contributed by atoms with Crippen molar-refractivity contribution in [1.82, 2.24) is 0 Å². The van der Waals surface area contributed by atoms with Crippen molar-refractivity contribution in [3.05, 3.63) is 81.7 Å². The molecule has 44 heavy (non-hydrogen) atoms. The van der Waals surface area contributed by atoms with E-state index in [2.05, 4.69) is 31.5 Å². The van der Waals surface area contributed by atoms with Crippen LogP contribution in [0.25, 0.3) is 0 Å². The Balaban J connectivity index is 0.000000353. The molecule has 2 aromatic rings. The Labute approximate surface area is 266 Å². The monoisotopic (exact) mass is 636 g/mol. The van der Waals surface area contributed by atoms with E-state index in [4.69, 9.17) is 5.41 Å². The van der Waals surface area contributed by atoms with Gasteiger partial charge >= 0.3 is 6.18 Å². The molecule has 4 nitrogen and oxygen atoms in total. The molecule has 1 unspecified atom stereocenters. The summed E-state index contributed by atoms with van der Waals surface area (Å²) >= 11 is 3.90. The summed E-state index contributed by atoms with van der Waals surface area (Å²) in [7, 11) is 1.69. The van der Waals surface area contributed by atoms with Gasteiger partial charge in [-0.05, 0) is 93.7 Å². The maximum Gasteiger partial charge on any atom is 0.393 e. The lowest BCUT2D eigenvalue weighted by molar-refractivity contribution is -0.127. The molecule has 244 valence electrons. The lowest BCUT2D eigenvalue weighted by Gasteiger charge is -2.18. The number of rotatable bonds is 10. The molecule has 1 atom stereocenters. The molecule has 0 heterocycles. The number of halogens is 4. The molecule has 1 aliphatic carbocycles. The number of carbonyl (C=O) groups excluding carboxylic acids is 1. The minimum atomic E-state index is -4.33. The van der Waals surface area contributed by atoms with Gasteiger partial charge in [0.25, 0.3) is 0 Å². The highest BCUT2D eigenvalue weighted by Crippen LogP contribution is 2.51. The molecule has 0 spiro atoms. The Hall–Kier alpha value is -2.78. The number of aliphatic imine (C=N–C) groups is 1. The van der Waals surface area contributed by atoms with Gasteiger partial charge in [-0.1, -0.05) is 63.1 Å². The number of alkyl halides is 3. The fraction of sp³-hybridized carbons (Fsp3) is 0.514. The largest absolute Gasteiger partial charge is 0.393 e. The quantitative estimate of drug-likeness (QED) is 0.138. The van der Waals surface area contributed by atoms with Crippen molar-refractivity contribution in [3.63, 3.8) is 0 Å². The number of aryl methyl sites for hydroxylation is 1. The Morgan fingerprint density at radius 1 is 1.16 bits per heavy atom. The van der Waals surface area contributed by atoms with Crippen molar-refractivity contribution in [3.8, 4) is 0 Å². The van der Waals surface area contributed by atoms with Gasteiger partial charge in [-0.2, -0.15) is 13.2 Å². The van der Waals surface area contributed by atoms with E-state index in [-0.39, 0.29) is 10.7 Å². The van der Waals surface area contributed by atoms with Crippen LogP contribution in [0, 0.1) is 18.2 Å². The predicted molar refractivity (Wildman–Crippen MR) is 177 cm³/mol. The number of carbonyl (C=O) groups is 1. The first-order valence-corrected chi connectivity index (χ1v) is 15.4. The molecule has 0 amide bonds. The molecule has 0 aliphatic heterocycles. The average Bonchev–Trinajstić information content (AvgIpc) is 3.72. The van der Waals surface area contributed by atoms with E-state index in [1.807, 2.05) is 45.0 Å². The zero-order valence-corrected chi connectivity index (χ0v) is 28.1. The molecule has 9 heteroatoms. The number of benzene rings is 2. The fourth-order valence-electron chi connectivity index (χ4n) is 4.87. The molecule has 0 radical (unpaired) electrons. The molecule has 1 fully saturated rings. The van der Waals surface area contributed by atoms with E-state index in [9.17, 15) is 27.5 Å². The van der Waals surface area contributed by atoms with Gasteiger partial charge in [0.15, 0.2) is 0 Å². The lowest BCUT2D eigenvalue weighted by Crippen LogP contribution is -2.22. The maximum atomic E-state index is 14.1. The number of hydrogen-bond donors (Lipinski definition) is 3. The number of thiol groups is 1. The second-order valence-electron chi connectivity index (χ2n) is 11.8. The van der Waals surface area contributed by atoms with Crippen LogP contribution in [0.4, 0.5) is 17.6 Å². The molecule has 1 saturated carbocycles. The molecule has 0 bridgehead atoms. The van der Waals surface area contributed by atoms with Crippen LogP contribution in [0.15, 0.2) is 53.0 Å². The number of nitrogens with one attached hydrogen (secondary N) is 1. The second kappa shape index (κ2) is 17.1. The molecular weight excluding hydrogens is 588 g/mol. The van der Waals surface area contributed by atoms with Crippen LogP contribution in [-0.2, 0) is 11.8 Å². The predicted octanol–water partition coefficient (Wildman–Crippen LogP) is 9.76. The van der Waals surface area contributed by atoms with Crippen molar-refractivity contribution < 1.29 is 27.5 Å². The zero-order valence-electron chi connectivity index (χ0n) is 27.2. The topological polar surface area (TPSA) is 73.5 Å². The first-order chi connectivity index (χ1) is 20.4. The first-order valence-electron chi connectivity index (χ1n) is 14.9. The molecule has 0 aromatic heterocycles. The fourth-order valence-corrected chi connectivity index (χ4v) is 5.06. The van der Waals surface area contributed by atoms with Gasteiger partial charge in [0.2, 0.25) is 5.12 Å². The van der Waals surface area contributed by atoms with Gasteiger partial charge in [-0.15, -0.1) is 12.6 Å². The van der Waals surface area contributed by atoms with E-state index >= 15 is 0 Å². The van der Waals surface area contributed by atoms with Gasteiger partial charge in [0, 0.05) is 30.0 Å². The van der Waals surface area contributed by atoms with Crippen molar-refractivity contribution in [1.29, 1.82) is 5.41 Å². The Kier molecular flexibility index (Phi) is 15.2. The van der Waals surface area contributed by atoms with Crippen LogP contribution in [0.2, 0.25) is 0 Å². The molecule has 0 saturated heterocycles. The van der Waals surface area contributed by atoms with Gasteiger partial charge in [-0.3, -0.25) is 9.79 Å². The summed E-state index contributed by atoms with van der Waals surface area (Å²) in [5.41, 5.74) is 3.27. The molecule has 1 aliphatic rings. The van der Waals surface area contributed by atoms with Crippen molar-refractivity contribution in [2.75, 3.05) is 7.05 Å². The van der Waals surface area contributed by atoms with E-state index in [0.29, 0.717) is 36.5 Å². The second-order valence-corrected chi connectivity index (χ2v) is 12.2. The van der Waals surface area contributed by atoms with E-state index < -0.39 is 29.4 Å². The zero-order chi connectivity index (χ0) is 33.9. The number of nitrogens with zero attached hydrogens (tertiary/aromatic N) is 1. The van der Waals surface area contributed by atoms with Crippen LogP contribution in [0.1, 0.15) is 112 Å². The number of hydrogen-bond acceptors (Lipinski definition) is 4. The molecular formula is C35H48F4N2O2S. The third kappa shape index (κ3) is 12.0. The number of aliphatic hydroxyl groups is 1. The molecule has 3 rings (SSSR count). The summed E-state index contributed by atoms with van der Waals surface area (Å²) in [5, 5.41) is 17.4. The van der Waals surface area contributed by atoms with Gasteiger partial charge in [-0.25, -0.2) is 4.39 Å². The summed E-state index contributed by atoms with van der Waals surface area (Å²) in [6, 6.07) is 9.70. The number of allylic oxidation sites excluding steroid dienone is 1. The SMILES string of the molecule is C/C=C(\C=NC)C(C)(C)O.CCC(C)c1ccc(C)cc1C(=O)S.CCCC(=N)C1(c2ccc(CC(F)(F)F)cc2F)CC1. The summed E-state index contributed by atoms with van der Waals surface area (Å²) < 4.78 is 51.0. The lowest BCUT2D eigenvalue weighted by atomic mass is 9.87. The Bertz CT molecular complexity index is 1320. The van der Waals surface area contributed by atoms with Crippen molar-refractivity contribution in [2.24, 2.45) is 4.99 Å². The van der Waals surface area contributed by atoms with Gasteiger partial charge in [0.05, 0.1) is 12.0 Å². The van der Waals surface area contributed by atoms with Crippen molar-refractivity contribution in [2.45, 2.75) is 110 Å². The standard InChI is InChI=1S/C15H17F4N.C12H16OS.C8H15NO/c1-2-3-13(20)14(6-7-14)11-5-4-10(8-12(11)16)9-15(17,18)19;1-4-9(3)10-6-5-8(2)7-11(10)12(13)14;1-5-7(6-9-4)8(2,3)10/h4-5,8,20H,2-3,6-7,9H2,1H3;5-7,9H,4H2,1-3H3,(H,13,14);5-6,10H,1-4H3/b;;7-5+,9-6?. The third-order valence-corrected chi connectivity index (χ3v) is 7.89. The summed E-state index contributed by atoms with van der Waals surface area (Å²) in [6.07, 6.45) is 1.94. The highest BCUT2D eigenvalue weighted by Gasteiger charge is 2.49. The van der Waals surface area contributed by atoms with E-state index in [1.165, 1.54) is 12.1 Å². The van der Waals surface area contributed by atoms with E-state index in [1.54, 1.807) is 27.1 Å². The minimum absolute atomic E-state index is 0.0726. The van der Waals surface area contributed by atoms with Gasteiger partial charge < -0.3 is 10.5 Å². The summed E-state index contributed by atoms with van der Waals surface area (Å²) in [4.78, 5) is 15.1. The van der Waals surface area contributed by atoms with E-state index in [0.717, 1.165) is 41.2 Å². The highest BCUT2D eigenvalue weighted by atomic mass is 32.1. The minimum Gasteiger partial charge on any atom is -0.386 e. The third-order valence-electron chi connectivity index (χ3n) is 7.65.